The first-order valence-corrected chi connectivity index (χ1v) is 3.34. The lowest BCUT2D eigenvalue weighted by Crippen LogP contribution is -2.33. The van der Waals surface area contributed by atoms with Crippen molar-refractivity contribution >= 4 is 12.4 Å². The lowest BCUT2D eigenvalue weighted by Gasteiger charge is -2.08. The van der Waals surface area contributed by atoms with E-state index < -0.39 is 0 Å². The number of halogens is 1. The van der Waals surface area contributed by atoms with Gasteiger partial charge < -0.3 is 15.5 Å². The van der Waals surface area contributed by atoms with E-state index in [1.807, 2.05) is 0 Å². The van der Waals surface area contributed by atoms with Crippen molar-refractivity contribution in [2.24, 2.45) is 0 Å². The average molecular weight is 168 g/mol. The van der Waals surface area contributed by atoms with Gasteiger partial charge in [0.05, 0.1) is 13.2 Å². The van der Waals surface area contributed by atoms with Crippen LogP contribution in [0.15, 0.2) is 0 Å². The van der Waals surface area contributed by atoms with Crippen molar-refractivity contribution in [2.45, 2.75) is 24.9 Å². The van der Waals surface area contributed by atoms with E-state index in [1.165, 1.54) is 0 Å². The molecule has 3 nitrogen and oxygen atoms in total. The van der Waals surface area contributed by atoms with E-state index in [9.17, 15) is 0 Å². The minimum atomic E-state index is 0. The van der Waals surface area contributed by atoms with Crippen LogP contribution >= 0.6 is 12.4 Å². The SMILES string of the molecule is Cl.OC[C@@H]1CC[C@@H](CO)N1. The minimum Gasteiger partial charge on any atom is -0.395 e. The molecular weight excluding hydrogens is 154 g/mol. The molecule has 0 unspecified atom stereocenters. The van der Waals surface area contributed by atoms with Gasteiger partial charge in [0, 0.05) is 12.1 Å². The Morgan fingerprint density at radius 1 is 1.10 bits per heavy atom. The molecule has 3 N–H and O–H groups in total. The van der Waals surface area contributed by atoms with Crippen molar-refractivity contribution in [3.05, 3.63) is 0 Å². The van der Waals surface area contributed by atoms with Gasteiger partial charge >= 0.3 is 0 Å². The van der Waals surface area contributed by atoms with Crippen LogP contribution in [0.2, 0.25) is 0 Å². The maximum absolute atomic E-state index is 8.64. The van der Waals surface area contributed by atoms with Crippen LogP contribution in [-0.2, 0) is 0 Å². The Hall–Kier alpha value is 0.170. The molecule has 1 aliphatic heterocycles. The summed E-state index contributed by atoms with van der Waals surface area (Å²) in [4.78, 5) is 0. The standard InChI is InChI=1S/C6H13NO2.ClH/c8-3-5-1-2-6(4-9)7-5;/h5-9H,1-4H2;1H/t5-,6-;/m0./s1. The van der Waals surface area contributed by atoms with Gasteiger partial charge in [-0.25, -0.2) is 0 Å². The second-order valence-electron chi connectivity index (χ2n) is 2.50. The third kappa shape index (κ3) is 2.42. The fourth-order valence-electron chi connectivity index (χ4n) is 1.19. The highest BCUT2D eigenvalue weighted by atomic mass is 35.5. The van der Waals surface area contributed by atoms with Gasteiger partial charge in [-0.05, 0) is 12.8 Å². The molecule has 0 radical (unpaired) electrons. The van der Waals surface area contributed by atoms with Gasteiger partial charge in [-0.3, -0.25) is 0 Å². The first kappa shape index (κ1) is 10.2. The maximum Gasteiger partial charge on any atom is 0.0584 e. The molecule has 1 aliphatic rings. The van der Waals surface area contributed by atoms with Gasteiger partial charge in [-0.15, -0.1) is 12.4 Å². The van der Waals surface area contributed by atoms with Crippen molar-refractivity contribution < 1.29 is 10.2 Å². The molecule has 0 aliphatic carbocycles. The second-order valence-corrected chi connectivity index (χ2v) is 2.50. The highest BCUT2D eigenvalue weighted by Crippen LogP contribution is 2.10. The smallest absolute Gasteiger partial charge is 0.0584 e. The molecule has 1 rings (SSSR count). The number of aliphatic hydroxyl groups is 2. The molecule has 2 atom stereocenters. The van der Waals surface area contributed by atoms with Gasteiger partial charge in [0.25, 0.3) is 0 Å². The zero-order valence-electron chi connectivity index (χ0n) is 5.79. The van der Waals surface area contributed by atoms with Gasteiger partial charge in [-0.2, -0.15) is 0 Å². The summed E-state index contributed by atoms with van der Waals surface area (Å²) in [6, 6.07) is 0.448. The van der Waals surface area contributed by atoms with E-state index in [-0.39, 0.29) is 37.7 Å². The van der Waals surface area contributed by atoms with Crippen LogP contribution < -0.4 is 5.32 Å². The van der Waals surface area contributed by atoms with Crippen LogP contribution in [0.4, 0.5) is 0 Å². The molecule has 0 aromatic carbocycles. The fraction of sp³-hybridized carbons (Fsp3) is 1.00. The van der Waals surface area contributed by atoms with Crippen LogP contribution in [0, 0.1) is 0 Å². The summed E-state index contributed by atoms with van der Waals surface area (Å²) < 4.78 is 0. The Morgan fingerprint density at radius 2 is 1.50 bits per heavy atom. The van der Waals surface area contributed by atoms with E-state index in [1.54, 1.807) is 0 Å². The molecule has 1 heterocycles. The van der Waals surface area contributed by atoms with Crippen molar-refractivity contribution in [3.8, 4) is 0 Å². The van der Waals surface area contributed by atoms with E-state index >= 15 is 0 Å². The third-order valence-corrected chi connectivity index (χ3v) is 1.78. The topological polar surface area (TPSA) is 52.5 Å². The molecule has 62 valence electrons. The molecule has 1 fully saturated rings. The number of hydrogen-bond donors (Lipinski definition) is 3. The zero-order chi connectivity index (χ0) is 6.69. The Labute approximate surface area is 66.8 Å². The van der Waals surface area contributed by atoms with Crippen molar-refractivity contribution in [1.82, 2.24) is 5.32 Å². The first-order valence-electron chi connectivity index (χ1n) is 3.34. The summed E-state index contributed by atoms with van der Waals surface area (Å²) in [6.07, 6.45) is 1.98. The Bertz CT molecular complexity index is 81.8. The second kappa shape index (κ2) is 4.91. The predicted molar refractivity (Wildman–Crippen MR) is 41.4 cm³/mol. The molecule has 0 aromatic heterocycles. The molecule has 0 amide bonds. The van der Waals surface area contributed by atoms with E-state index in [0.717, 1.165) is 12.8 Å². The number of hydrogen-bond acceptors (Lipinski definition) is 3. The number of nitrogens with one attached hydrogen (secondary N) is 1. The van der Waals surface area contributed by atoms with Crippen LogP contribution in [0.1, 0.15) is 12.8 Å². The van der Waals surface area contributed by atoms with Crippen LogP contribution in [-0.4, -0.2) is 35.5 Å². The molecule has 4 heteroatoms. The minimum absolute atomic E-state index is 0. The summed E-state index contributed by atoms with van der Waals surface area (Å²) >= 11 is 0. The van der Waals surface area contributed by atoms with Crippen LogP contribution in [0.3, 0.4) is 0 Å². The van der Waals surface area contributed by atoms with Crippen LogP contribution in [0.5, 0.6) is 0 Å². The maximum atomic E-state index is 8.64. The van der Waals surface area contributed by atoms with Gasteiger partial charge in [0.15, 0.2) is 0 Å². The van der Waals surface area contributed by atoms with Gasteiger partial charge in [0.2, 0.25) is 0 Å². The van der Waals surface area contributed by atoms with E-state index in [2.05, 4.69) is 5.32 Å². The molecule has 0 bridgehead atoms. The van der Waals surface area contributed by atoms with Gasteiger partial charge in [0.1, 0.15) is 0 Å². The van der Waals surface area contributed by atoms with E-state index in [4.69, 9.17) is 10.2 Å². The van der Waals surface area contributed by atoms with Gasteiger partial charge in [-0.1, -0.05) is 0 Å². The van der Waals surface area contributed by atoms with Crippen molar-refractivity contribution in [3.63, 3.8) is 0 Å². The Kier molecular flexibility index (Phi) is 4.99. The highest BCUT2D eigenvalue weighted by molar-refractivity contribution is 5.85. The molecule has 10 heavy (non-hydrogen) atoms. The Balaban J connectivity index is 0.000000810. The normalized spacial score (nSPS) is 31.8. The quantitative estimate of drug-likeness (QED) is 0.521. The first-order chi connectivity index (χ1) is 4.36. The van der Waals surface area contributed by atoms with Crippen molar-refractivity contribution in [2.75, 3.05) is 13.2 Å². The van der Waals surface area contributed by atoms with Crippen molar-refractivity contribution in [1.29, 1.82) is 0 Å². The summed E-state index contributed by atoms with van der Waals surface area (Å²) in [5.41, 5.74) is 0. The van der Waals surface area contributed by atoms with E-state index in [0.29, 0.717) is 0 Å². The Morgan fingerprint density at radius 3 is 1.70 bits per heavy atom. The number of aliphatic hydroxyl groups excluding tert-OH is 2. The molecule has 1 saturated heterocycles. The monoisotopic (exact) mass is 167 g/mol. The molecule has 0 aromatic rings. The lowest BCUT2D eigenvalue weighted by atomic mass is 10.2. The highest BCUT2D eigenvalue weighted by Gasteiger charge is 2.21. The largest absolute Gasteiger partial charge is 0.395 e. The molecule has 0 saturated carbocycles. The third-order valence-electron chi connectivity index (χ3n) is 1.78. The zero-order valence-corrected chi connectivity index (χ0v) is 6.60. The summed E-state index contributed by atoms with van der Waals surface area (Å²) in [5.74, 6) is 0. The summed E-state index contributed by atoms with van der Waals surface area (Å²) in [6.45, 7) is 0.382. The average Bonchev–Trinajstić information content (AvgIpc) is 2.34. The number of rotatable bonds is 2. The lowest BCUT2D eigenvalue weighted by molar-refractivity contribution is 0.227. The fourth-order valence-corrected chi connectivity index (χ4v) is 1.19. The van der Waals surface area contributed by atoms with Crippen LogP contribution in [0.25, 0.3) is 0 Å². The summed E-state index contributed by atoms with van der Waals surface area (Å²) in [5, 5.41) is 20.4. The summed E-state index contributed by atoms with van der Waals surface area (Å²) in [7, 11) is 0. The molecule has 0 spiro atoms. The predicted octanol–water partition coefficient (Wildman–Crippen LogP) is -0.487. The molecular formula is C6H14ClNO2.